The summed E-state index contributed by atoms with van der Waals surface area (Å²) in [7, 11) is 1.56. The van der Waals surface area contributed by atoms with Crippen molar-refractivity contribution in [3.63, 3.8) is 0 Å². The Kier molecular flexibility index (Phi) is 3.97. The highest BCUT2D eigenvalue weighted by Gasteiger charge is 2.13. The number of rotatable bonds is 4. The summed E-state index contributed by atoms with van der Waals surface area (Å²) in [5, 5.41) is 0. The zero-order chi connectivity index (χ0) is 13.8. The van der Waals surface area contributed by atoms with Gasteiger partial charge in [-0.05, 0) is 24.3 Å². The Labute approximate surface area is 115 Å². The summed E-state index contributed by atoms with van der Waals surface area (Å²) in [6.45, 7) is 0. The van der Waals surface area contributed by atoms with E-state index in [9.17, 15) is 4.39 Å². The molecule has 2 rings (SSSR count). The summed E-state index contributed by atoms with van der Waals surface area (Å²) in [6.07, 6.45) is 0. The van der Waals surface area contributed by atoms with Crippen molar-refractivity contribution in [1.82, 2.24) is 0 Å². The van der Waals surface area contributed by atoms with Gasteiger partial charge in [0.1, 0.15) is 28.1 Å². The fraction of sp³-hybridized carbons (Fsp3) is 0.0714. The molecule has 0 saturated heterocycles. The Morgan fingerprint density at radius 3 is 2.53 bits per heavy atom. The number of methoxy groups -OCH3 is 1. The number of hydrogen-bond acceptors (Lipinski definition) is 3. The maximum absolute atomic E-state index is 13.7. The van der Waals surface area contributed by atoms with Gasteiger partial charge in [0.2, 0.25) is 0 Å². The number of nitrogens with two attached hydrogens (primary N) is 1. The lowest BCUT2D eigenvalue weighted by Crippen LogP contribution is -2.13. The molecule has 0 radical (unpaired) electrons. The van der Waals surface area contributed by atoms with Crippen molar-refractivity contribution >= 4 is 17.2 Å². The van der Waals surface area contributed by atoms with Crippen molar-refractivity contribution in [1.29, 1.82) is 0 Å². The minimum atomic E-state index is -0.507. The lowest BCUT2D eigenvalue weighted by atomic mass is 10.2. The first-order chi connectivity index (χ1) is 9.11. The molecule has 0 amide bonds. The molecule has 2 aromatic rings. The van der Waals surface area contributed by atoms with Gasteiger partial charge in [0.25, 0.3) is 0 Å². The van der Waals surface area contributed by atoms with Crippen LogP contribution in [-0.2, 0) is 0 Å². The largest absolute Gasteiger partial charge is 0.497 e. The Morgan fingerprint density at radius 2 is 1.84 bits per heavy atom. The smallest absolute Gasteiger partial charge is 0.140 e. The third-order valence-electron chi connectivity index (χ3n) is 2.49. The Balaban J connectivity index is 2.38. The summed E-state index contributed by atoms with van der Waals surface area (Å²) in [5.74, 6) is 0.932. The molecule has 0 aromatic heterocycles. The monoisotopic (exact) mass is 277 g/mol. The fourth-order valence-corrected chi connectivity index (χ4v) is 1.82. The normalized spacial score (nSPS) is 10.0. The second-order valence-electron chi connectivity index (χ2n) is 3.76. The predicted octanol–water partition coefficient (Wildman–Crippen LogP) is 3.26. The van der Waals surface area contributed by atoms with Crippen LogP contribution < -0.4 is 15.2 Å². The molecule has 2 aromatic carbocycles. The van der Waals surface area contributed by atoms with E-state index in [1.165, 1.54) is 12.1 Å². The molecule has 5 heteroatoms. The van der Waals surface area contributed by atoms with E-state index in [1.807, 2.05) is 0 Å². The van der Waals surface area contributed by atoms with E-state index >= 15 is 0 Å². The first-order valence-electron chi connectivity index (χ1n) is 5.52. The van der Waals surface area contributed by atoms with Gasteiger partial charge in [-0.15, -0.1) is 0 Å². The van der Waals surface area contributed by atoms with Gasteiger partial charge in [-0.25, -0.2) is 4.39 Å². The van der Waals surface area contributed by atoms with Gasteiger partial charge in [0.05, 0.1) is 12.7 Å². The van der Waals surface area contributed by atoms with E-state index < -0.39 is 5.82 Å². The van der Waals surface area contributed by atoms with Crippen LogP contribution in [0.2, 0.25) is 0 Å². The summed E-state index contributed by atoms with van der Waals surface area (Å²) in [5.41, 5.74) is 5.61. The van der Waals surface area contributed by atoms with E-state index in [4.69, 9.17) is 27.4 Å². The number of thiocarbonyl (C=S) groups is 1. The molecule has 0 unspecified atom stereocenters. The van der Waals surface area contributed by atoms with E-state index in [0.29, 0.717) is 11.5 Å². The van der Waals surface area contributed by atoms with Gasteiger partial charge in [-0.2, -0.15) is 0 Å². The van der Waals surface area contributed by atoms with Crippen LogP contribution in [0.5, 0.6) is 17.2 Å². The molecule has 0 spiro atoms. The van der Waals surface area contributed by atoms with E-state index in [-0.39, 0.29) is 16.3 Å². The molecule has 0 aliphatic rings. The van der Waals surface area contributed by atoms with Gasteiger partial charge >= 0.3 is 0 Å². The highest BCUT2D eigenvalue weighted by atomic mass is 32.1. The summed E-state index contributed by atoms with van der Waals surface area (Å²) in [4.78, 5) is -0.0454. The highest BCUT2D eigenvalue weighted by Crippen LogP contribution is 2.29. The molecule has 0 fully saturated rings. The minimum absolute atomic E-state index is 0.0454. The van der Waals surface area contributed by atoms with Crippen LogP contribution in [0.25, 0.3) is 0 Å². The standard InChI is InChI=1S/C14H12FNO2S/c1-17-9-4-2-5-10(8-9)18-12-7-3-6-11(15)13(12)14(16)19/h2-8H,1H3,(H2,16,19). The first-order valence-corrected chi connectivity index (χ1v) is 5.93. The molecule has 0 atom stereocenters. The van der Waals surface area contributed by atoms with Crippen LogP contribution >= 0.6 is 12.2 Å². The molecule has 98 valence electrons. The van der Waals surface area contributed by atoms with Gasteiger partial charge < -0.3 is 15.2 Å². The second-order valence-corrected chi connectivity index (χ2v) is 4.20. The van der Waals surface area contributed by atoms with Crippen molar-refractivity contribution in [3.05, 3.63) is 53.8 Å². The average Bonchev–Trinajstić information content (AvgIpc) is 2.38. The van der Waals surface area contributed by atoms with Crippen LogP contribution in [0, 0.1) is 5.82 Å². The summed E-state index contributed by atoms with van der Waals surface area (Å²) in [6, 6.07) is 11.4. The van der Waals surface area contributed by atoms with E-state index in [2.05, 4.69) is 0 Å². The Hall–Kier alpha value is -2.14. The molecule has 2 N–H and O–H groups in total. The lowest BCUT2D eigenvalue weighted by molar-refractivity contribution is 0.408. The maximum atomic E-state index is 13.7. The third kappa shape index (κ3) is 3.00. The SMILES string of the molecule is COc1cccc(Oc2cccc(F)c2C(N)=S)c1. The quantitative estimate of drug-likeness (QED) is 0.871. The van der Waals surface area contributed by atoms with Crippen molar-refractivity contribution in [3.8, 4) is 17.2 Å². The molecule has 0 heterocycles. The van der Waals surface area contributed by atoms with Crippen molar-refractivity contribution in [2.45, 2.75) is 0 Å². The molecule has 0 saturated carbocycles. The molecular formula is C14H12FNO2S. The van der Waals surface area contributed by atoms with Gasteiger partial charge in [-0.3, -0.25) is 0 Å². The number of ether oxygens (including phenoxy) is 2. The highest BCUT2D eigenvalue weighted by molar-refractivity contribution is 7.80. The van der Waals surface area contributed by atoms with Gasteiger partial charge in [0.15, 0.2) is 0 Å². The fourth-order valence-electron chi connectivity index (χ4n) is 1.62. The van der Waals surface area contributed by atoms with Gasteiger partial charge in [0, 0.05) is 6.07 Å². The zero-order valence-electron chi connectivity index (χ0n) is 10.2. The second kappa shape index (κ2) is 5.67. The molecular weight excluding hydrogens is 265 g/mol. The van der Waals surface area contributed by atoms with Crippen LogP contribution in [-0.4, -0.2) is 12.1 Å². The van der Waals surface area contributed by atoms with Crippen LogP contribution in [0.3, 0.4) is 0 Å². The third-order valence-corrected chi connectivity index (χ3v) is 2.69. The number of halogens is 1. The van der Waals surface area contributed by atoms with Crippen LogP contribution in [0.4, 0.5) is 4.39 Å². The Bertz CT molecular complexity index is 616. The van der Waals surface area contributed by atoms with Gasteiger partial charge in [-0.1, -0.05) is 24.4 Å². The van der Waals surface area contributed by atoms with Crippen molar-refractivity contribution in [2.75, 3.05) is 7.11 Å². The predicted molar refractivity (Wildman–Crippen MR) is 75.4 cm³/mol. The summed E-state index contributed by atoms with van der Waals surface area (Å²) < 4.78 is 24.4. The molecule has 0 aliphatic carbocycles. The van der Waals surface area contributed by atoms with Crippen molar-refractivity contribution < 1.29 is 13.9 Å². The molecule has 3 nitrogen and oxygen atoms in total. The molecule has 0 bridgehead atoms. The first kappa shape index (κ1) is 13.3. The summed E-state index contributed by atoms with van der Waals surface area (Å²) >= 11 is 4.83. The Morgan fingerprint density at radius 1 is 1.16 bits per heavy atom. The number of hydrogen-bond donors (Lipinski definition) is 1. The zero-order valence-corrected chi connectivity index (χ0v) is 11.0. The number of benzene rings is 2. The van der Waals surface area contributed by atoms with E-state index in [1.54, 1.807) is 37.4 Å². The topological polar surface area (TPSA) is 44.5 Å². The lowest BCUT2D eigenvalue weighted by Gasteiger charge is -2.11. The van der Waals surface area contributed by atoms with Crippen LogP contribution in [0.15, 0.2) is 42.5 Å². The van der Waals surface area contributed by atoms with Crippen LogP contribution in [0.1, 0.15) is 5.56 Å². The molecule has 0 aliphatic heterocycles. The average molecular weight is 277 g/mol. The minimum Gasteiger partial charge on any atom is -0.497 e. The van der Waals surface area contributed by atoms with E-state index in [0.717, 1.165) is 0 Å². The maximum Gasteiger partial charge on any atom is 0.140 e. The molecule has 19 heavy (non-hydrogen) atoms. The van der Waals surface area contributed by atoms with Crippen molar-refractivity contribution in [2.24, 2.45) is 5.73 Å².